The van der Waals surface area contributed by atoms with E-state index < -0.39 is 5.97 Å². The number of fused-ring (bicyclic) bond motifs is 1. The second kappa shape index (κ2) is 3.41. The van der Waals surface area contributed by atoms with E-state index in [-0.39, 0.29) is 0 Å². The zero-order chi connectivity index (χ0) is 9.97. The number of rotatable bonds is 1. The predicted molar refractivity (Wildman–Crippen MR) is 46.9 cm³/mol. The molecule has 0 fully saturated rings. The van der Waals surface area contributed by atoms with Crippen LogP contribution in [-0.2, 0) is 4.74 Å². The van der Waals surface area contributed by atoms with Crippen LogP contribution in [0.3, 0.4) is 0 Å². The lowest BCUT2D eigenvalue weighted by Crippen LogP contribution is -2.06. The number of ether oxygens (including phenoxy) is 3. The molecule has 1 aliphatic heterocycles. The molecule has 1 heterocycles. The Bertz CT molecular complexity index is 395. The molecule has 0 N–H and O–H groups in total. The van der Waals surface area contributed by atoms with E-state index >= 15 is 0 Å². The summed E-state index contributed by atoms with van der Waals surface area (Å²) in [5.74, 6) is 0.356. The summed E-state index contributed by atoms with van der Waals surface area (Å²) in [5.41, 5.74) is 0.336. The molecule has 0 saturated heterocycles. The third-order valence-electron chi connectivity index (χ3n) is 1.78. The Kier molecular flexibility index (Phi) is 2.10. The maximum Gasteiger partial charge on any atom is 0.341 e. The van der Waals surface area contributed by atoms with Crippen molar-refractivity contribution in [3.63, 3.8) is 0 Å². The van der Waals surface area contributed by atoms with E-state index in [9.17, 15) is 4.79 Å². The van der Waals surface area contributed by atoms with Gasteiger partial charge in [0.15, 0.2) is 11.5 Å². The Balaban J connectivity index is 2.48. The molecule has 1 radical (unpaired) electrons. The molecule has 0 amide bonds. The van der Waals surface area contributed by atoms with Crippen molar-refractivity contribution in [1.82, 2.24) is 0 Å². The summed E-state index contributed by atoms with van der Waals surface area (Å²) in [6.07, 6.45) is 3.67. The fraction of sp³-hybridized carbons (Fsp3) is 0.100. The second-order valence-electron chi connectivity index (χ2n) is 2.58. The number of carbonyl (C=O) groups excluding carboxylic acids is 1. The number of benzene rings is 1. The molecule has 0 spiro atoms. The lowest BCUT2D eigenvalue weighted by Gasteiger charge is -2.13. The molecule has 4 nitrogen and oxygen atoms in total. The number of hydrogen-bond donors (Lipinski definition) is 0. The van der Waals surface area contributed by atoms with Crippen molar-refractivity contribution in [2.24, 2.45) is 0 Å². The zero-order valence-corrected chi connectivity index (χ0v) is 7.44. The Morgan fingerprint density at radius 1 is 1.50 bits per heavy atom. The molecule has 1 aromatic rings. The molecule has 71 valence electrons. The number of para-hydroxylation sites is 1. The van der Waals surface area contributed by atoms with Gasteiger partial charge in [0, 0.05) is 0 Å². The molecule has 14 heavy (non-hydrogen) atoms. The Hall–Kier alpha value is -1.97. The van der Waals surface area contributed by atoms with Gasteiger partial charge in [-0.1, -0.05) is 6.07 Å². The molecular weight excluding hydrogens is 184 g/mol. The van der Waals surface area contributed by atoms with Crippen LogP contribution in [0.2, 0.25) is 0 Å². The largest absolute Gasteiger partial charge is 0.465 e. The van der Waals surface area contributed by atoms with Gasteiger partial charge in [-0.2, -0.15) is 0 Å². The minimum Gasteiger partial charge on any atom is -0.465 e. The minimum atomic E-state index is -0.458. The summed E-state index contributed by atoms with van der Waals surface area (Å²) in [6.45, 7) is 0. The van der Waals surface area contributed by atoms with Crippen LogP contribution in [0.15, 0.2) is 24.5 Å². The molecule has 0 atom stereocenters. The third-order valence-corrected chi connectivity index (χ3v) is 1.78. The van der Waals surface area contributed by atoms with Gasteiger partial charge in [-0.15, -0.1) is 0 Å². The van der Waals surface area contributed by atoms with E-state index in [0.29, 0.717) is 17.1 Å². The third kappa shape index (κ3) is 1.31. The van der Waals surface area contributed by atoms with E-state index in [1.165, 1.54) is 13.4 Å². The monoisotopic (exact) mass is 191 g/mol. The van der Waals surface area contributed by atoms with Gasteiger partial charge >= 0.3 is 5.97 Å². The first-order valence-electron chi connectivity index (χ1n) is 3.95. The summed E-state index contributed by atoms with van der Waals surface area (Å²) >= 11 is 0. The first kappa shape index (κ1) is 8.62. The lowest BCUT2D eigenvalue weighted by molar-refractivity contribution is 0.0596. The molecule has 0 aliphatic carbocycles. The van der Waals surface area contributed by atoms with Gasteiger partial charge in [-0.3, -0.25) is 0 Å². The molecule has 0 unspecified atom stereocenters. The van der Waals surface area contributed by atoms with E-state index in [2.05, 4.69) is 11.0 Å². The maximum absolute atomic E-state index is 11.3. The van der Waals surface area contributed by atoms with Crippen LogP contribution in [-0.4, -0.2) is 13.1 Å². The quantitative estimate of drug-likeness (QED) is 0.631. The molecule has 2 rings (SSSR count). The van der Waals surface area contributed by atoms with Gasteiger partial charge in [-0.25, -0.2) is 4.79 Å². The molecule has 0 saturated carbocycles. The number of methoxy groups -OCH3 is 1. The molecule has 4 heteroatoms. The number of esters is 1. The molecule has 1 aromatic carbocycles. The summed E-state index contributed by atoms with van der Waals surface area (Å²) in [7, 11) is 1.31. The van der Waals surface area contributed by atoms with Crippen LogP contribution in [0, 0.1) is 6.26 Å². The molecule has 0 bridgehead atoms. The minimum absolute atomic E-state index is 0.336. The first-order chi connectivity index (χ1) is 6.83. The summed E-state index contributed by atoms with van der Waals surface area (Å²) in [4.78, 5) is 11.3. The highest BCUT2D eigenvalue weighted by Crippen LogP contribution is 2.33. The topological polar surface area (TPSA) is 44.8 Å². The summed E-state index contributed by atoms with van der Waals surface area (Å²) in [5, 5.41) is 0. The van der Waals surface area contributed by atoms with Crippen LogP contribution in [0.4, 0.5) is 0 Å². The first-order valence-corrected chi connectivity index (χ1v) is 3.95. The highest BCUT2D eigenvalue weighted by atomic mass is 16.6. The predicted octanol–water partition coefficient (Wildman–Crippen LogP) is 1.52. The maximum atomic E-state index is 11.3. The SMILES string of the molecule is COC(=O)c1cccc2c1OC=[C]O2. The fourth-order valence-corrected chi connectivity index (χ4v) is 1.16. The van der Waals surface area contributed by atoms with Crippen molar-refractivity contribution >= 4 is 5.97 Å². The number of carbonyl (C=O) groups is 1. The Morgan fingerprint density at radius 2 is 2.36 bits per heavy atom. The smallest absolute Gasteiger partial charge is 0.341 e. The van der Waals surface area contributed by atoms with E-state index in [0.717, 1.165) is 0 Å². The van der Waals surface area contributed by atoms with E-state index in [1.807, 2.05) is 0 Å². The van der Waals surface area contributed by atoms with Crippen molar-refractivity contribution < 1.29 is 19.0 Å². The van der Waals surface area contributed by atoms with Crippen LogP contribution in [0.1, 0.15) is 10.4 Å². The lowest BCUT2D eigenvalue weighted by atomic mass is 10.2. The molecular formula is C10H7O4. The van der Waals surface area contributed by atoms with Crippen LogP contribution >= 0.6 is 0 Å². The average molecular weight is 191 g/mol. The van der Waals surface area contributed by atoms with E-state index in [1.54, 1.807) is 18.2 Å². The Morgan fingerprint density at radius 3 is 3.14 bits per heavy atom. The molecule has 0 aromatic heterocycles. The molecule has 1 aliphatic rings. The summed E-state index contributed by atoms with van der Waals surface area (Å²) < 4.78 is 14.7. The van der Waals surface area contributed by atoms with Crippen LogP contribution in [0.5, 0.6) is 11.5 Å². The van der Waals surface area contributed by atoms with Gasteiger partial charge < -0.3 is 14.2 Å². The van der Waals surface area contributed by atoms with Crippen LogP contribution < -0.4 is 9.47 Å². The zero-order valence-electron chi connectivity index (χ0n) is 7.44. The van der Waals surface area contributed by atoms with Crippen molar-refractivity contribution in [1.29, 1.82) is 0 Å². The average Bonchev–Trinajstić information content (AvgIpc) is 2.27. The van der Waals surface area contributed by atoms with Crippen molar-refractivity contribution in [3.05, 3.63) is 36.3 Å². The highest BCUT2D eigenvalue weighted by Gasteiger charge is 2.19. The Labute approximate surface area is 80.7 Å². The standard InChI is InChI=1S/C10H7O4/c1-12-10(11)7-3-2-4-8-9(7)14-6-5-13-8/h2-4,6H,1H3. The number of hydrogen-bond acceptors (Lipinski definition) is 4. The summed E-state index contributed by atoms with van der Waals surface area (Å²) in [6, 6.07) is 4.97. The van der Waals surface area contributed by atoms with Crippen molar-refractivity contribution in [3.8, 4) is 11.5 Å². The van der Waals surface area contributed by atoms with Gasteiger partial charge in [0.2, 0.25) is 6.26 Å². The normalized spacial score (nSPS) is 12.4. The van der Waals surface area contributed by atoms with Gasteiger partial charge in [0.1, 0.15) is 11.8 Å². The highest BCUT2D eigenvalue weighted by molar-refractivity contribution is 5.93. The van der Waals surface area contributed by atoms with Crippen molar-refractivity contribution in [2.45, 2.75) is 0 Å². The van der Waals surface area contributed by atoms with Gasteiger partial charge in [0.05, 0.1) is 7.11 Å². The van der Waals surface area contributed by atoms with Gasteiger partial charge in [0.25, 0.3) is 0 Å². The van der Waals surface area contributed by atoms with Crippen molar-refractivity contribution in [2.75, 3.05) is 7.11 Å². The second-order valence-corrected chi connectivity index (χ2v) is 2.58. The van der Waals surface area contributed by atoms with Crippen LogP contribution in [0.25, 0.3) is 0 Å². The fourth-order valence-electron chi connectivity index (χ4n) is 1.16. The van der Waals surface area contributed by atoms with Gasteiger partial charge in [-0.05, 0) is 12.1 Å². The van der Waals surface area contributed by atoms with E-state index in [4.69, 9.17) is 9.47 Å².